The molecule has 0 saturated carbocycles. The number of amides is 1. The summed E-state index contributed by atoms with van der Waals surface area (Å²) in [7, 11) is 0. The second-order valence-corrected chi connectivity index (χ2v) is 5.67. The van der Waals surface area contributed by atoms with Crippen molar-refractivity contribution < 1.29 is 4.79 Å². The van der Waals surface area contributed by atoms with Crippen LogP contribution in [0, 0.1) is 0 Å². The molecule has 0 heterocycles. The highest BCUT2D eigenvalue weighted by molar-refractivity contribution is 5.78. The molecule has 21 heavy (non-hydrogen) atoms. The van der Waals surface area contributed by atoms with Crippen molar-refractivity contribution >= 4 is 11.6 Å². The molecule has 1 unspecified atom stereocenters. The Balaban J connectivity index is 2.57. The molecular formula is C17H29N3O. The average Bonchev–Trinajstić information content (AvgIpc) is 2.41. The molecule has 0 saturated heterocycles. The van der Waals surface area contributed by atoms with E-state index in [0.717, 1.165) is 43.6 Å². The van der Waals surface area contributed by atoms with Crippen LogP contribution >= 0.6 is 0 Å². The maximum Gasteiger partial charge on any atom is 0.234 e. The molecule has 118 valence electrons. The number of rotatable bonds is 9. The number of anilines is 1. The summed E-state index contributed by atoms with van der Waals surface area (Å²) in [5.74, 6) is 0.0962. The standard InChI is InChI=1S/C17H29N3O/c1-4-8-14(3)19-17(21)13-20(11-5-2)12-15-9-6-7-10-16(15)18/h6-7,9-10,14H,4-5,8,11-13,18H2,1-3H3,(H,19,21). The Morgan fingerprint density at radius 3 is 2.62 bits per heavy atom. The fraction of sp³-hybridized carbons (Fsp3) is 0.588. The van der Waals surface area contributed by atoms with Gasteiger partial charge in [-0.05, 0) is 37.9 Å². The Morgan fingerprint density at radius 2 is 2.00 bits per heavy atom. The van der Waals surface area contributed by atoms with Gasteiger partial charge in [0.25, 0.3) is 0 Å². The molecule has 0 aromatic heterocycles. The largest absolute Gasteiger partial charge is 0.398 e. The number of carbonyl (C=O) groups excluding carboxylic acids is 1. The zero-order valence-electron chi connectivity index (χ0n) is 13.6. The summed E-state index contributed by atoms with van der Waals surface area (Å²) in [4.78, 5) is 14.3. The van der Waals surface area contributed by atoms with Crippen LogP contribution in [0.5, 0.6) is 0 Å². The molecule has 0 bridgehead atoms. The van der Waals surface area contributed by atoms with Crippen LogP contribution in [0.1, 0.15) is 45.6 Å². The van der Waals surface area contributed by atoms with Crippen LogP contribution < -0.4 is 11.1 Å². The summed E-state index contributed by atoms with van der Waals surface area (Å²) in [5.41, 5.74) is 7.86. The third-order valence-corrected chi connectivity index (χ3v) is 3.49. The molecule has 1 aromatic carbocycles. The van der Waals surface area contributed by atoms with Gasteiger partial charge in [0.1, 0.15) is 0 Å². The number of nitrogens with two attached hydrogens (primary N) is 1. The maximum atomic E-state index is 12.1. The van der Waals surface area contributed by atoms with Crippen LogP contribution in [-0.4, -0.2) is 29.9 Å². The molecular weight excluding hydrogens is 262 g/mol. The number of para-hydroxylation sites is 1. The molecule has 0 fully saturated rings. The van der Waals surface area contributed by atoms with Crippen molar-refractivity contribution in [2.24, 2.45) is 0 Å². The van der Waals surface area contributed by atoms with E-state index in [9.17, 15) is 4.79 Å². The van der Waals surface area contributed by atoms with Gasteiger partial charge in [0, 0.05) is 18.3 Å². The number of hydrogen-bond acceptors (Lipinski definition) is 3. The fourth-order valence-electron chi connectivity index (χ4n) is 2.48. The highest BCUT2D eigenvalue weighted by atomic mass is 16.2. The molecule has 0 aliphatic heterocycles. The molecule has 4 nitrogen and oxygen atoms in total. The lowest BCUT2D eigenvalue weighted by Crippen LogP contribution is -2.41. The molecule has 1 amide bonds. The minimum Gasteiger partial charge on any atom is -0.398 e. The monoisotopic (exact) mass is 291 g/mol. The Morgan fingerprint density at radius 1 is 1.29 bits per heavy atom. The lowest BCUT2D eigenvalue weighted by molar-refractivity contribution is -0.123. The fourth-order valence-corrected chi connectivity index (χ4v) is 2.48. The van der Waals surface area contributed by atoms with Crippen molar-refractivity contribution in [3.63, 3.8) is 0 Å². The van der Waals surface area contributed by atoms with E-state index in [1.54, 1.807) is 0 Å². The molecule has 4 heteroatoms. The second kappa shape index (κ2) is 9.40. The Labute approximate surface area is 128 Å². The zero-order valence-corrected chi connectivity index (χ0v) is 13.6. The lowest BCUT2D eigenvalue weighted by Gasteiger charge is -2.23. The molecule has 1 rings (SSSR count). The van der Waals surface area contributed by atoms with Gasteiger partial charge in [-0.2, -0.15) is 0 Å². The summed E-state index contributed by atoms with van der Waals surface area (Å²) in [6.45, 7) is 8.35. The van der Waals surface area contributed by atoms with Crippen LogP contribution in [0.2, 0.25) is 0 Å². The first kappa shape index (κ1) is 17.5. The van der Waals surface area contributed by atoms with Crippen LogP contribution in [0.3, 0.4) is 0 Å². The Hall–Kier alpha value is -1.55. The highest BCUT2D eigenvalue weighted by Gasteiger charge is 2.13. The average molecular weight is 291 g/mol. The minimum atomic E-state index is 0.0962. The summed E-state index contributed by atoms with van der Waals surface area (Å²) >= 11 is 0. The number of benzene rings is 1. The van der Waals surface area contributed by atoms with Gasteiger partial charge in [0.05, 0.1) is 6.54 Å². The van der Waals surface area contributed by atoms with Gasteiger partial charge in [-0.1, -0.05) is 38.5 Å². The molecule has 0 aliphatic rings. The van der Waals surface area contributed by atoms with Crippen molar-refractivity contribution in [2.75, 3.05) is 18.8 Å². The van der Waals surface area contributed by atoms with E-state index < -0.39 is 0 Å². The molecule has 1 atom stereocenters. The smallest absolute Gasteiger partial charge is 0.234 e. The van der Waals surface area contributed by atoms with E-state index in [1.165, 1.54) is 0 Å². The van der Waals surface area contributed by atoms with E-state index in [-0.39, 0.29) is 11.9 Å². The van der Waals surface area contributed by atoms with E-state index in [1.807, 2.05) is 24.3 Å². The van der Waals surface area contributed by atoms with Gasteiger partial charge in [-0.15, -0.1) is 0 Å². The maximum absolute atomic E-state index is 12.1. The normalized spacial score (nSPS) is 12.4. The molecule has 0 aliphatic carbocycles. The zero-order chi connectivity index (χ0) is 15.7. The number of hydrogen-bond donors (Lipinski definition) is 2. The van der Waals surface area contributed by atoms with Crippen LogP contribution in [0.4, 0.5) is 5.69 Å². The van der Waals surface area contributed by atoms with Crippen molar-refractivity contribution in [2.45, 2.75) is 52.6 Å². The van der Waals surface area contributed by atoms with Gasteiger partial charge >= 0.3 is 0 Å². The molecule has 3 N–H and O–H groups in total. The molecule has 0 radical (unpaired) electrons. The highest BCUT2D eigenvalue weighted by Crippen LogP contribution is 2.13. The number of nitrogens with zero attached hydrogens (tertiary/aromatic N) is 1. The molecule has 0 spiro atoms. The number of nitrogens with one attached hydrogen (secondary N) is 1. The van der Waals surface area contributed by atoms with Crippen molar-refractivity contribution in [3.8, 4) is 0 Å². The quantitative estimate of drug-likeness (QED) is 0.688. The first-order valence-corrected chi connectivity index (χ1v) is 7.91. The first-order chi connectivity index (χ1) is 10.1. The molecule has 1 aromatic rings. The minimum absolute atomic E-state index is 0.0962. The SMILES string of the molecule is CCCC(C)NC(=O)CN(CCC)Cc1ccccc1N. The van der Waals surface area contributed by atoms with Gasteiger partial charge < -0.3 is 11.1 Å². The Kier molecular flexibility index (Phi) is 7.83. The topological polar surface area (TPSA) is 58.4 Å². The van der Waals surface area contributed by atoms with Crippen molar-refractivity contribution in [1.29, 1.82) is 0 Å². The third-order valence-electron chi connectivity index (χ3n) is 3.49. The van der Waals surface area contributed by atoms with E-state index in [4.69, 9.17) is 5.73 Å². The summed E-state index contributed by atoms with van der Waals surface area (Å²) in [6.07, 6.45) is 3.12. The number of carbonyl (C=O) groups is 1. The van der Waals surface area contributed by atoms with Crippen LogP contribution in [0.25, 0.3) is 0 Å². The van der Waals surface area contributed by atoms with Gasteiger partial charge in [0.15, 0.2) is 0 Å². The Bertz CT molecular complexity index is 434. The predicted octanol–water partition coefficient (Wildman–Crippen LogP) is 2.79. The lowest BCUT2D eigenvalue weighted by atomic mass is 10.1. The number of nitrogen functional groups attached to an aromatic ring is 1. The van der Waals surface area contributed by atoms with E-state index in [2.05, 4.69) is 31.0 Å². The van der Waals surface area contributed by atoms with E-state index in [0.29, 0.717) is 6.54 Å². The van der Waals surface area contributed by atoms with Crippen LogP contribution in [-0.2, 0) is 11.3 Å². The summed E-state index contributed by atoms with van der Waals surface area (Å²) < 4.78 is 0. The van der Waals surface area contributed by atoms with Gasteiger partial charge in [-0.25, -0.2) is 0 Å². The van der Waals surface area contributed by atoms with E-state index >= 15 is 0 Å². The van der Waals surface area contributed by atoms with Crippen molar-refractivity contribution in [1.82, 2.24) is 10.2 Å². The van der Waals surface area contributed by atoms with Crippen molar-refractivity contribution in [3.05, 3.63) is 29.8 Å². The van der Waals surface area contributed by atoms with Crippen LogP contribution in [0.15, 0.2) is 24.3 Å². The second-order valence-electron chi connectivity index (χ2n) is 5.67. The summed E-state index contributed by atoms with van der Waals surface area (Å²) in [5, 5.41) is 3.06. The summed E-state index contributed by atoms with van der Waals surface area (Å²) in [6, 6.07) is 8.09. The first-order valence-electron chi connectivity index (χ1n) is 7.91. The predicted molar refractivity (Wildman–Crippen MR) is 88.9 cm³/mol. The van der Waals surface area contributed by atoms with Gasteiger partial charge in [0.2, 0.25) is 5.91 Å². The third kappa shape index (κ3) is 6.63. The van der Waals surface area contributed by atoms with Gasteiger partial charge in [-0.3, -0.25) is 9.69 Å².